The quantitative estimate of drug-likeness (QED) is 0.306. The Bertz CT molecular complexity index is 1180. The number of methoxy groups -OCH3 is 2. The van der Waals surface area contributed by atoms with Crippen molar-refractivity contribution in [1.29, 1.82) is 0 Å². The molecule has 1 fully saturated rings. The van der Waals surface area contributed by atoms with Crippen molar-refractivity contribution in [3.8, 4) is 11.5 Å². The molecular formula is C28H36ClNO10. The average molecular weight is 582 g/mol. The van der Waals surface area contributed by atoms with Gasteiger partial charge in [-0.25, -0.2) is 0 Å². The zero-order valence-electron chi connectivity index (χ0n) is 23.0. The van der Waals surface area contributed by atoms with E-state index in [1.165, 1.54) is 26.4 Å². The molecule has 1 aliphatic heterocycles. The molecule has 1 amide bonds. The molecule has 2 aromatic rings. The third-order valence-electron chi connectivity index (χ3n) is 6.06. The molecule has 0 unspecified atom stereocenters. The van der Waals surface area contributed by atoms with Gasteiger partial charge in [-0.1, -0.05) is 35.9 Å². The Morgan fingerprint density at radius 1 is 1.05 bits per heavy atom. The van der Waals surface area contributed by atoms with E-state index in [1.54, 1.807) is 0 Å². The predicted octanol–water partition coefficient (Wildman–Crippen LogP) is 2.00. The van der Waals surface area contributed by atoms with Crippen LogP contribution in [0.1, 0.15) is 42.3 Å². The van der Waals surface area contributed by atoms with Crippen LogP contribution >= 0.6 is 11.6 Å². The molecule has 1 aliphatic rings. The molecule has 0 saturated carbocycles. The smallest absolute Gasteiger partial charge is 0.310 e. The summed E-state index contributed by atoms with van der Waals surface area (Å²) in [5.74, 6) is -0.613. The van der Waals surface area contributed by atoms with Crippen molar-refractivity contribution < 1.29 is 48.6 Å². The lowest BCUT2D eigenvalue weighted by Gasteiger charge is -2.41. The summed E-state index contributed by atoms with van der Waals surface area (Å²) in [4.78, 5) is 25.3. The van der Waals surface area contributed by atoms with Crippen LogP contribution in [0.5, 0.6) is 11.5 Å². The molecule has 0 aromatic heterocycles. The van der Waals surface area contributed by atoms with Crippen molar-refractivity contribution in [2.75, 3.05) is 20.8 Å². The first-order valence-electron chi connectivity index (χ1n) is 12.6. The molecule has 4 N–H and O–H groups in total. The first kappa shape index (κ1) is 31.6. The highest BCUT2D eigenvalue weighted by atomic mass is 35.5. The van der Waals surface area contributed by atoms with Crippen molar-refractivity contribution in [3.05, 3.63) is 58.1 Å². The number of carbonyl (C=O) groups is 2. The number of benzene rings is 2. The number of hydrogen-bond acceptors (Lipinski definition) is 10. The number of ether oxygens (including phenoxy) is 5. The van der Waals surface area contributed by atoms with Gasteiger partial charge in [-0.15, -0.1) is 0 Å². The molecule has 0 aliphatic carbocycles. The van der Waals surface area contributed by atoms with Gasteiger partial charge in [-0.3, -0.25) is 9.59 Å². The highest BCUT2D eigenvalue weighted by Gasteiger charge is 2.45. The minimum atomic E-state index is -1.48. The minimum Gasteiger partial charge on any atom is -0.496 e. The van der Waals surface area contributed by atoms with Crippen LogP contribution in [0, 0.1) is 0 Å². The molecule has 3 rings (SSSR count). The van der Waals surface area contributed by atoms with Gasteiger partial charge in [0, 0.05) is 13.2 Å². The highest BCUT2D eigenvalue weighted by molar-refractivity contribution is 6.32. The van der Waals surface area contributed by atoms with Crippen molar-refractivity contribution in [2.24, 2.45) is 0 Å². The van der Waals surface area contributed by atoms with Crippen LogP contribution in [0.25, 0.3) is 0 Å². The molecule has 2 aromatic carbocycles. The van der Waals surface area contributed by atoms with Gasteiger partial charge in [0.2, 0.25) is 0 Å². The van der Waals surface area contributed by atoms with E-state index in [2.05, 4.69) is 5.32 Å². The SMILES string of the molecule is COc1cc(OCc2cccc(CC(=O)OC(C)(C)C)c2)c(Cl)cc1C(=O)N[C@H]1[C@H](OC)O[C@H](CO)[C@@H](O)[C@@H]1O. The summed E-state index contributed by atoms with van der Waals surface area (Å²) in [5.41, 5.74) is 1.02. The lowest BCUT2D eigenvalue weighted by atomic mass is 9.96. The zero-order valence-corrected chi connectivity index (χ0v) is 23.8. The van der Waals surface area contributed by atoms with E-state index >= 15 is 0 Å². The number of rotatable bonds is 10. The van der Waals surface area contributed by atoms with E-state index in [-0.39, 0.29) is 41.1 Å². The predicted molar refractivity (Wildman–Crippen MR) is 144 cm³/mol. The number of amides is 1. The summed E-state index contributed by atoms with van der Waals surface area (Å²) in [6, 6.07) is 8.96. The van der Waals surface area contributed by atoms with Gasteiger partial charge in [0.1, 0.15) is 48.1 Å². The van der Waals surface area contributed by atoms with Crippen molar-refractivity contribution in [2.45, 2.75) is 70.0 Å². The van der Waals surface area contributed by atoms with Gasteiger partial charge < -0.3 is 44.3 Å². The number of aliphatic hydroxyl groups is 3. The third-order valence-corrected chi connectivity index (χ3v) is 6.36. The first-order chi connectivity index (χ1) is 18.9. The third kappa shape index (κ3) is 8.06. The Morgan fingerprint density at radius 3 is 2.38 bits per heavy atom. The largest absolute Gasteiger partial charge is 0.496 e. The second-order valence-electron chi connectivity index (χ2n) is 10.3. The van der Waals surface area contributed by atoms with E-state index in [0.29, 0.717) is 0 Å². The second kappa shape index (κ2) is 13.6. The summed E-state index contributed by atoms with van der Waals surface area (Å²) in [7, 11) is 2.68. The fourth-order valence-electron chi connectivity index (χ4n) is 4.19. The summed E-state index contributed by atoms with van der Waals surface area (Å²) >= 11 is 6.43. The maximum absolute atomic E-state index is 13.1. The van der Waals surface area contributed by atoms with Gasteiger partial charge in [0.25, 0.3) is 5.91 Å². The first-order valence-corrected chi connectivity index (χ1v) is 13.0. The molecular weight excluding hydrogens is 546 g/mol. The van der Waals surface area contributed by atoms with Gasteiger partial charge in [-0.05, 0) is 38.0 Å². The maximum Gasteiger partial charge on any atom is 0.310 e. The van der Waals surface area contributed by atoms with E-state index in [4.69, 9.17) is 35.3 Å². The number of esters is 1. The van der Waals surface area contributed by atoms with Gasteiger partial charge in [0.05, 0.1) is 30.7 Å². The Labute approximate surface area is 237 Å². The summed E-state index contributed by atoms with van der Waals surface area (Å²) in [6.45, 7) is 5.01. The van der Waals surface area contributed by atoms with E-state index in [0.717, 1.165) is 11.1 Å². The molecule has 12 heteroatoms. The van der Waals surface area contributed by atoms with Gasteiger partial charge in [0.15, 0.2) is 6.29 Å². The molecule has 0 radical (unpaired) electrons. The van der Waals surface area contributed by atoms with Gasteiger partial charge in [-0.2, -0.15) is 0 Å². The highest BCUT2D eigenvalue weighted by Crippen LogP contribution is 2.34. The van der Waals surface area contributed by atoms with Crippen LogP contribution < -0.4 is 14.8 Å². The fourth-order valence-corrected chi connectivity index (χ4v) is 4.41. The maximum atomic E-state index is 13.1. The Balaban J connectivity index is 1.71. The van der Waals surface area contributed by atoms with Crippen LogP contribution in [0.2, 0.25) is 5.02 Å². The molecule has 0 spiro atoms. The van der Waals surface area contributed by atoms with Gasteiger partial charge >= 0.3 is 5.97 Å². The number of aliphatic hydroxyl groups excluding tert-OH is 3. The number of nitrogens with one attached hydrogen (secondary N) is 1. The summed E-state index contributed by atoms with van der Waals surface area (Å²) in [5, 5.41) is 32.8. The number of halogens is 1. The topological polar surface area (TPSA) is 153 Å². The van der Waals surface area contributed by atoms with Crippen LogP contribution in [-0.2, 0) is 32.0 Å². The molecule has 220 valence electrons. The van der Waals surface area contributed by atoms with Crippen LogP contribution in [-0.4, -0.2) is 84.3 Å². The Hall–Kier alpha value is -2.93. The van der Waals surface area contributed by atoms with Crippen molar-refractivity contribution >= 4 is 23.5 Å². The van der Waals surface area contributed by atoms with E-state index in [9.17, 15) is 24.9 Å². The fraction of sp³-hybridized carbons (Fsp3) is 0.500. The van der Waals surface area contributed by atoms with E-state index < -0.39 is 48.8 Å². The average Bonchev–Trinajstić information content (AvgIpc) is 2.89. The van der Waals surface area contributed by atoms with E-state index in [1.807, 2.05) is 45.0 Å². The molecule has 40 heavy (non-hydrogen) atoms. The molecule has 11 nitrogen and oxygen atoms in total. The van der Waals surface area contributed by atoms with Crippen LogP contribution in [0.15, 0.2) is 36.4 Å². The van der Waals surface area contributed by atoms with Crippen LogP contribution in [0.3, 0.4) is 0 Å². The van der Waals surface area contributed by atoms with Crippen LogP contribution in [0.4, 0.5) is 0 Å². The summed E-state index contributed by atoms with van der Waals surface area (Å²) < 4.78 is 27.3. The summed E-state index contributed by atoms with van der Waals surface area (Å²) in [6.07, 6.45) is -5.02. The monoisotopic (exact) mass is 581 g/mol. The number of hydrogen-bond donors (Lipinski definition) is 4. The minimum absolute atomic E-state index is 0.0417. The standard InChI is InChI=1S/C28H36ClNO10/c1-28(2,3)40-22(32)10-15-7-6-8-16(9-15)14-38-20-12-19(36-4)17(11-18(20)29)26(35)30-23-25(34)24(33)21(13-31)39-27(23)37-5/h6-9,11-12,21,23-25,27,31,33-34H,10,13-14H2,1-5H3,(H,30,35)/t21-,23-,24-,25-,27-/m1/s1. The molecule has 5 atom stereocenters. The van der Waals surface area contributed by atoms with Crippen molar-refractivity contribution in [1.82, 2.24) is 5.32 Å². The Kier molecular flexibility index (Phi) is 10.8. The lowest BCUT2D eigenvalue weighted by Crippen LogP contribution is -2.64. The Morgan fingerprint density at radius 2 is 1.75 bits per heavy atom. The molecule has 0 bridgehead atoms. The number of carbonyl (C=O) groups excluding carboxylic acids is 2. The second-order valence-corrected chi connectivity index (χ2v) is 10.7. The normalized spacial score (nSPS) is 22.9. The van der Waals surface area contributed by atoms with Crippen molar-refractivity contribution in [3.63, 3.8) is 0 Å². The molecule has 1 saturated heterocycles. The molecule has 1 heterocycles. The lowest BCUT2D eigenvalue weighted by molar-refractivity contribution is -0.261. The zero-order chi connectivity index (χ0) is 29.6.